The lowest BCUT2D eigenvalue weighted by molar-refractivity contribution is 0.275. The zero-order chi connectivity index (χ0) is 15.5. The van der Waals surface area contributed by atoms with Crippen molar-refractivity contribution in [3.63, 3.8) is 0 Å². The average molecular weight is 313 g/mol. The molecule has 0 aliphatic rings. The Kier molecular flexibility index (Phi) is 4.66. The molecule has 0 saturated heterocycles. The Morgan fingerprint density at radius 1 is 1.00 bits per heavy atom. The Hall–Kier alpha value is -1.83. The number of benzene rings is 2. The molecule has 21 heavy (non-hydrogen) atoms. The fourth-order valence-electron chi connectivity index (χ4n) is 1.74. The lowest BCUT2D eigenvalue weighted by atomic mass is 10.2. The van der Waals surface area contributed by atoms with Gasteiger partial charge in [-0.15, -0.1) is 0 Å². The van der Waals surface area contributed by atoms with Crippen molar-refractivity contribution in [1.82, 2.24) is 4.72 Å². The molecule has 0 fully saturated rings. The Labute approximate surface area is 121 Å². The minimum Gasteiger partial charge on any atom is -0.392 e. The maximum absolute atomic E-state index is 13.4. The largest absolute Gasteiger partial charge is 0.392 e. The minimum atomic E-state index is -3.92. The molecule has 2 rings (SSSR count). The fourth-order valence-corrected chi connectivity index (χ4v) is 2.79. The standard InChI is InChI=1S/C14H13F2NO3S/c15-13-4-2-1-3-10(13)8-17-21(19,20)12-5-6-14(16)11(7-12)9-18/h1-7,17-18H,8-9H2. The van der Waals surface area contributed by atoms with Crippen LogP contribution in [0, 0.1) is 11.6 Å². The Morgan fingerprint density at radius 3 is 2.33 bits per heavy atom. The highest BCUT2D eigenvalue weighted by molar-refractivity contribution is 7.89. The summed E-state index contributed by atoms with van der Waals surface area (Å²) in [6, 6.07) is 8.86. The van der Waals surface area contributed by atoms with E-state index in [4.69, 9.17) is 5.11 Å². The zero-order valence-electron chi connectivity index (χ0n) is 10.9. The minimum absolute atomic E-state index is 0.122. The van der Waals surface area contributed by atoms with Crippen molar-refractivity contribution in [2.45, 2.75) is 18.0 Å². The third kappa shape index (κ3) is 3.63. The van der Waals surface area contributed by atoms with E-state index in [0.717, 1.165) is 18.2 Å². The first-order valence-corrected chi connectivity index (χ1v) is 7.54. The third-order valence-corrected chi connectivity index (χ3v) is 4.31. The molecule has 0 aliphatic carbocycles. The molecule has 0 amide bonds. The predicted octanol–water partition coefficient (Wildman–Crippen LogP) is 1.94. The van der Waals surface area contributed by atoms with Gasteiger partial charge in [-0.2, -0.15) is 0 Å². The first kappa shape index (κ1) is 15.6. The molecule has 0 radical (unpaired) electrons. The highest BCUT2D eigenvalue weighted by Gasteiger charge is 2.16. The summed E-state index contributed by atoms with van der Waals surface area (Å²) in [5.41, 5.74) is 0.0781. The summed E-state index contributed by atoms with van der Waals surface area (Å²) < 4.78 is 53.0. The van der Waals surface area contributed by atoms with Crippen molar-refractivity contribution in [3.05, 3.63) is 65.2 Å². The van der Waals surface area contributed by atoms with Crippen LogP contribution in [0.2, 0.25) is 0 Å². The number of aliphatic hydroxyl groups excluding tert-OH is 1. The van der Waals surface area contributed by atoms with Crippen molar-refractivity contribution < 1.29 is 22.3 Å². The lowest BCUT2D eigenvalue weighted by Crippen LogP contribution is -2.24. The number of sulfonamides is 1. The number of aliphatic hydroxyl groups is 1. The van der Waals surface area contributed by atoms with Gasteiger partial charge in [0.05, 0.1) is 11.5 Å². The van der Waals surface area contributed by atoms with E-state index in [1.807, 2.05) is 0 Å². The molecule has 0 heterocycles. The first-order chi connectivity index (χ1) is 9.94. The van der Waals surface area contributed by atoms with Crippen LogP contribution >= 0.6 is 0 Å². The molecular formula is C14H13F2NO3S. The van der Waals surface area contributed by atoms with Crippen molar-refractivity contribution in [1.29, 1.82) is 0 Å². The number of halogens is 2. The summed E-state index contributed by atoms with van der Waals surface area (Å²) in [4.78, 5) is -0.190. The summed E-state index contributed by atoms with van der Waals surface area (Å²) in [5, 5.41) is 8.95. The number of nitrogens with one attached hydrogen (secondary N) is 1. The maximum atomic E-state index is 13.4. The van der Waals surface area contributed by atoms with Gasteiger partial charge in [-0.3, -0.25) is 0 Å². The van der Waals surface area contributed by atoms with Crippen molar-refractivity contribution in [2.75, 3.05) is 0 Å². The van der Waals surface area contributed by atoms with E-state index in [1.54, 1.807) is 6.07 Å². The van der Waals surface area contributed by atoms with E-state index in [0.29, 0.717) is 0 Å². The highest BCUT2D eigenvalue weighted by Crippen LogP contribution is 2.16. The quantitative estimate of drug-likeness (QED) is 0.886. The Balaban J connectivity index is 2.21. The molecule has 7 heteroatoms. The van der Waals surface area contributed by atoms with Crippen molar-refractivity contribution >= 4 is 10.0 Å². The van der Waals surface area contributed by atoms with E-state index in [-0.39, 0.29) is 22.6 Å². The summed E-state index contributed by atoms with van der Waals surface area (Å²) in [6.45, 7) is -0.830. The maximum Gasteiger partial charge on any atom is 0.240 e. The van der Waals surface area contributed by atoms with Gasteiger partial charge < -0.3 is 5.11 Å². The third-order valence-electron chi connectivity index (χ3n) is 2.91. The molecule has 0 aromatic heterocycles. The zero-order valence-corrected chi connectivity index (χ0v) is 11.7. The van der Waals surface area contributed by atoms with Crippen LogP contribution in [-0.2, 0) is 23.2 Å². The van der Waals surface area contributed by atoms with Crippen LogP contribution in [0.1, 0.15) is 11.1 Å². The van der Waals surface area contributed by atoms with Crippen LogP contribution in [0.15, 0.2) is 47.4 Å². The Morgan fingerprint density at radius 2 is 1.67 bits per heavy atom. The molecule has 0 spiro atoms. The van der Waals surface area contributed by atoms with E-state index in [2.05, 4.69) is 4.72 Å². The van der Waals surface area contributed by atoms with Gasteiger partial charge in [0.25, 0.3) is 0 Å². The Bertz CT molecular complexity index is 748. The van der Waals surface area contributed by atoms with Gasteiger partial charge in [0.1, 0.15) is 11.6 Å². The summed E-state index contributed by atoms with van der Waals surface area (Å²) >= 11 is 0. The molecule has 0 saturated carbocycles. The summed E-state index contributed by atoms with van der Waals surface area (Å²) in [6.07, 6.45) is 0. The van der Waals surface area contributed by atoms with Gasteiger partial charge in [-0.1, -0.05) is 18.2 Å². The smallest absolute Gasteiger partial charge is 0.240 e. The van der Waals surface area contributed by atoms with Crippen LogP contribution in [0.3, 0.4) is 0 Å². The fraction of sp³-hybridized carbons (Fsp3) is 0.143. The molecular weight excluding hydrogens is 300 g/mol. The number of hydrogen-bond donors (Lipinski definition) is 2. The first-order valence-electron chi connectivity index (χ1n) is 6.06. The molecule has 0 aliphatic heterocycles. The molecule has 0 bridgehead atoms. The van der Waals surface area contributed by atoms with E-state index in [1.165, 1.54) is 18.2 Å². The number of rotatable bonds is 5. The van der Waals surface area contributed by atoms with Crippen LogP contribution in [0.25, 0.3) is 0 Å². The van der Waals surface area contributed by atoms with Gasteiger partial charge in [0.2, 0.25) is 10.0 Å². The lowest BCUT2D eigenvalue weighted by Gasteiger charge is -2.09. The molecule has 0 atom stereocenters. The monoisotopic (exact) mass is 313 g/mol. The van der Waals surface area contributed by atoms with E-state index < -0.39 is 28.3 Å². The second-order valence-electron chi connectivity index (χ2n) is 4.33. The normalized spacial score (nSPS) is 11.6. The second kappa shape index (κ2) is 6.30. The molecule has 4 nitrogen and oxygen atoms in total. The molecule has 0 unspecified atom stereocenters. The van der Waals surface area contributed by atoms with Crippen LogP contribution in [0.5, 0.6) is 0 Å². The van der Waals surface area contributed by atoms with Gasteiger partial charge in [0, 0.05) is 17.7 Å². The van der Waals surface area contributed by atoms with Gasteiger partial charge in [-0.05, 0) is 24.3 Å². The predicted molar refractivity (Wildman–Crippen MR) is 72.7 cm³/mol. The molecule has 2 aromatic carbocycles. The average Bonchev–Trinajstić information content (AvgIpc) is 2.46. The highest BCUT2D eigenvalue weighted by atomic mass is 32.2. The molecule has 112 valence electrons. The number of hydrogen-bond acceptors (Lipinski definition) is 3. The summed E-state index contributed by atoms with van der Waals surface area (Å²) in [5.74, 6) is -1.21. The van der Waals surface area contributed by atoms with Crippen LogP contribution < -0.4 is 4.72 Å². The van der Waals surface area contributed by atoms with Crippen LogP contribution in [0.4, 0.5) is 8.78 Å². The SMILES string of the molecule is O=S(=O)(NCc1ccccc1F)c1ccc(F)c(CO)c1. The topological polar surface area (TPSA) is 66.4 Å². The van der Waals surface area contributed by atoms with Crippen LogP contribution in [-0.4, -0.2) is 13.5 Å². The van der Waals surface area contributed by atoms with Gasteiger partial charge in [-0.25, -0.2) is 21.9 Å². The van der Waals surface area contributed by atoms with E-state index in [9.17, 15) is 17.2 Å². The van der Waals surface area contributed by atoms with E-state index >= 15 is 0 Å². The summed E-state index contributed by atoms with van der Waals surface area (Å²) in [7, 11) is -3.92. The van der Waals surface area contributed by atoms with Crippen molar-refractivity contribution in [3.8, 4) is 0 Å². The second-order valence-corrected chi connectivity index (χ2v) is 6.09. The molecule has 2 aromatic rings. The molecule has 2 N–H and O–H groups in total. The van der Waals surface area contributed by atoms with Gasteiger partial charge >= 0.3 is 0 Å². The van der Waals surface area contributed by atoms with Crippen molar-refractivity contribution in [2.24, 2.45) is 0 Å². The van der Waals surface area contributed by atoms with Gasteiger partial charge in [0.15, 0.2) is 0 Å².